The number of hydrogen-bond acceptors (Lipinski definition) is 3. The van der Waals surface area contributed by atoms with Gasteiger partial charge in [0.15, 0.2) is 11.6 Å². The molecule has 5 heteroatoms. The number of para-hydroxylation sites is 2. The largest absolute Gasteiger partial charge is 0.337 e. The molecular formula is C26H18N2O3. The van der Waals surface area contributed by atoms with Crippen LogP contribution in [0.25, 0.3) is 17.0 Å². The van der Waals surface area contributed by atoms with E-state index in [9.17, 15) is 14.4 Å². The van der Waals surface area contributed by atoms with Gasteiger partial charge >= 0.3 is 0 Å². The van der Waals surface area contributed by atoms with Crippen molar-refractivity contribution < 1.29 is 14.4 Å². The van der Waals surface area contributed by atoms with Gasteiger partial charge in [0.05, 0.1) is 5.57 Å². The van der Waals surface area contributed by atoms with Crippen LogP contribution in [0, 0.1) is 0 Å². The SMILES string of the molecule is O=C(Cn1cc(C=C2C(=O)c3ccccc3C2=O)c2ccccc21)Nc1ccccc1. The van der Waals surface area contributed by atoms with Gasteiger partial charge in [-0.05, 0) is 24.3 Å². The van der Waals surface area contributed by atoms with Gasteiger partial charge in [-0.2, -0.15) is 0 Å². The molecule has 0 saturated heterocycles. The van der Waals surface area contributed by atoms with Crippen molar-refractivity contribution in [3.8, 4) is 0 Å². The lowest BCUT2D eigenvalue weighted by Crippen LogP contribution is -2.18. The van der Waals surface area contributed by atoms with E-state index >= 15 is 0 Å². The molecule has 1 N–H and O–H groups in total. The van der Waals surface area contributed by atoms with Crippen LogP contribution < -0.4 is 5.32 Å². The number of carbonyl (C=O) groups is 3. The molecule has 0 radical (unpaired) electrons. The lowest BCUT2D eigenvalue weighted by Gasteiger charge is -2.07. The number of allylic oxidation sites excluding steroid dienone is 1. The molecular weight excluding hydrogens is 388 g/mol. The molecule has 4 aromatic rings. The average Bonchev–Trinajstić information content (AvgIpc) is 3.25. The van der Waals surface area contributed by atoms with Crippen molar-refractivity contribution in [2.75, 3.05) is 5.32 Å². The highest BCUT2D eigenvalue weighted by atomic mass is 16.2. The van der Waals surface area contributed by atoms with Crippen molar-refractivity contribution >= 4 is 40.1 Å². The van der Waals surface area contributed by atoms with Crippen LogP contribution in [-0.2, 0) is 11.3 Å². The first-order valence-corrected chi connectivity index (χ1v) is 9.95. The fourth-order valence-corrected chi connectivity index (χ4v) is 3.96. The fourth-order valence-electron chi connectivity index (χ4n) is 3.96. The zero-order chi connectivity index (χ0) is 21.4. The molecule has 0 spiro atoms. The number of anilines is 1. The summed E-state index contributed by atoms with van der Waals surface area (Å²) in [5.41, 5.74) is 3.33. The van der Waals surface area contributed by atoms with Gasteiger partial charge in [-0.15, -0.1) is 0 Å². The summed E-state index contributed by atoms with van der Waals surface area (Å²) >= 11 is 0. The van der Waals surface area contributed by atoms with Gasteiger partial charge in [0, 0.05) is 39.5 Å². The minimum absolute atomic E-state index is 0.112. The van der Waals surface area contributed by atoms with E-state index < -0.39 is 0 Å². The number of fused-ring (bicyclic) bond motifs is 2. The van der Waals surface area contributed by atoms with Gasteiger partial charge < -0.3 is 9.88 Å². The van der Waals surface area contributed by atoms with Crippen molar-refractivity contribution in [1.29, 1.82) is 0 Å². The number of carbonyl (C=O) groups excluding carboxylic acids is 3. The van der Waals surface area contributed by atoms with Gasteiger partial charge in [-0.1, -0.05) is 60.7 Å². The van der Waals surface area contributed by atoms with E-state index in [1.54, 1.807) is 30.3 Å². The Hall–Kier alpha value is -4.25. The molecule has 1 aromatic heterocycles. The van der Waals surface area contributed by atoms with Gasteiger partial charge in [-0.25, -0.2) is 0 Å². The van der Waals surface area contributed by atoms with E-state index in [0.717, 1.165) is 22.2 Å². The normalized spacial score (nSPS) is 12.8. The second-order valence-corrected chi connectivity index (χ2v) is 7.41. The number of nitrogens with one attached hydrogen (secondary N) is 1. The Morgan fingerprint density at radius 3 is 2.13 bits per heavy atom. The summed E-state index contributed by atoms with van der Waals surface area (Å²) in [6, 6.07) is 23.8. The van der Waals surface area contributed by atoms with Gasteiger partial charge in [0.1, 0.15) is 6.54 Å². The third kappa shape index (κ3) is 3.36. The molecule has 0 saturated carbocycles. The molecule has 0 fully saturated rings. The first-order chi connectivity index (χ1) is 15.1. The predicted octanol–water partition coefficient (Wildman–Crippen LogP) is 4.74. The monoisotopic (exact) mass is 406 g/mol. The molecule has 150 valence electrons. The van der Waals surface area contributed by atoms with E-state index in [-0.39, 0.29) is 29.6 Å². The van der Waals surface area contributed by atoms with Crippen LogP contribution in [0.1, 0.15) is 26.3 Å². The Balaban J connectivity index is 1.50. The lowest BCUT2D eigenvalue weighted by molar-refractivity contribution is -0.116. The van der Waals surface area contributed by atoms with Gasteiger partial charge in [0.25, 0.3) is 0 Å². The maximum atomic E-state index is 12.8. The molecule has 0 unspecified atom stereocenters. The summed E-state index contributed by atoms with van der Waals surface area (Å²) in [5, 5.41) is 3.75. The van der Waals surface area contributed by atoms with E-state index in [0.29, 0.717) is 11.1 Å². The zero-order valence-corrected chi connectivity index (χ0v) is 16.5. The summed E-state index contributed by atoms with van der Waals surface area (Å²) in [5.74, 6) is -0.690. The number of aromatic nitrogens is 1. The maximum Gasteiger partial charge on any atom is 0.244 e. The van der Waals surface area contributed by atoms with Crippen molar-refractivity contribution in [1.82, 2.24) is 4.57 Å². The highest BCUT2D eigenvalue weighted by molar-refractivity contribution is 6.41. The second kappa shape index (κ2) is 7.54. The fraction of sp³-hybridized carbons (Fsp3) is 0.0385. The molecule has 0 atom stereocenters. The lowest BCUT2D eigenvalue weighted by atomic mass is 10.1. The van der Waals surface area contributed by atoms with Crippen LogP contribution in [0.3, 0.4) is 0 Å². The number of benzene rings is 3. The molecule has 1 aliphatic rings. The third-order valence-electron chi connectivity index (χ3n) is 5.40. The minimum atomic E-state index is -0.265. The number of ketones is 2. The Labute approximate surface area is 178 Å². The van der Waals surface area contributed by atoms with Crippen molar-refractivity contribution in [2.45, 2.75) is 6.54 Å². The van der Waals surface area contributed by atoms with Gasteiger partial charge in [-0.3, -0.25) is 14.4 Å². The van der Waals surface area contributed by atoms with E-state index in [1.165, 1.54) is 0 Å². The molecule has 1 heterocycles. The van der Waals surface area contributed by atoms with Crippen LogP contribution in [0.2, 0.25) is 0 Å². The Bertz CT molecular complexity index is 1340. The number of nitrogens with zero attached hydrogens (tertiary/aromatic N) is 1. The van der Waals surface area contributed by atoms with Gasteiger partial charge in [0.2, 0.25) is 5.91 Å². The van der Waals surface area contributed by atoms with Crippen LogP contribution in [-0.4, -0.2) is 22.0 Å². The Morgan fingerprint density at radius 2 is 1.42 bits per heavy atom. The molecule has 1 amide bonds. The molecule has 31 heavy (non-hydrogen) atoms. The smallest absolute Gasteiger partial charge is 0.244 e. The van der Waals surface area contributed by atoms with E-state index in [4.69, 9.17) is 0 Å². The number of amides is 1. The number of hydrogen-bond donors (Lipinski definition) is 1. The maximum absolute atomic E-state index is 12.8. The summed E-state index contributed by atoms with van der Waals surface area (Å²) in [6.45, 7) is 0.112. The summed E-state index contributed by atoms with van der Waals surface area (Å²) in [7, 11) is 0. The minimum Gasteiger partial charge on any atom is -0.337 e. The van der Waals surface area contributed by atoms with Crippen molar-refractivity contribution in [2.24, 2.45) is 0 Å². The second-order valence-electron chi connectivity index (χ2n) is 7.41. The quantitative estimate of drug-likeness (QED) is 0.393. The van der Waals surface area contributed by atoms with Crippen LogP contribution in [0.4, 0.5) is 5.69 Å². The highest BCUT2D eigenvalue weighted by Crippen LogP contribution is 2.30. The summed E-state index contributed by atoms with van der Waals surface area (Å²) in [6.07, 6.45) is 3.45. The number of rotatable bonds is 4. The van der Waals surface area contributed by atoms with Crippen molar-refractivity contribution in [3.05, 3.63) is 107 Å². The predicted molar refractivity (Wildman–Crippen MR) is 120 cm³/mol. The van der Waals surface area contributed by atoms with Crippen LogP contribution >= 0.6 is 0 Å². The summed E-state index contributed by atoms with van der Waals surface area (Å²) < 4.78 is 1.83. The van der Waals surface area contributed by atoms with Crippen molar-refractivity contribution in [3.63, 3.8) is 0 Å². The molecule has 0 aliphatic heterocycles. The summed E-state index contributed by atoms with van der Waals surface area (Å²) in [4.78, 5) is 38.1. The number of Topliss-reactive ketones (excluding diaryl/α,β-unsaturated/α-hetero) is 2. The molecule has 3 aromatic carbocycles. The molecule has 0 bridgehead atoms. The average molecular weight is 406 g/mol. The molecule has 5 nitrogen and oxygen atoms in total. The van der Waals surface area contributed by atoms with E-state index in [1.807, 2.05) is 65.4 Å². The van der Waals surface area contributed by atoms with Crippen LogP contribution in [0.5, 0.6) is 0 Å². The first kappa shape index (κ1) is 18.8. The zero-order valence-electron chi connectivity index (χ0n) is 16.5. The Kier molecular flexibility index (Phi) is 4.56. The van der Waals surface area contributed by atoms with Crippen LogP contribution in [0.15, 0.2) is 90.6 Å². The molecule has 1 aliphatic carbocycles. The third-order valence-corrected chi connectivity index (χ3v) is 5.40. The standard InChI is InChI=1S/C26H18N2O3/c29-24(27-18-8-2-1-3-9-18)16-28-15-17(19-10-6-7-13-23(19)28)14-22-25(30)20-11-4-5-12-21(20)26(22)31/h1-15H,16H2,(H,27,29). The first-order valence-electron chi connectivity index (χ1n) is 9.95. The highest BCUT2D eigenvalue weighted by Gasteiger charge is 2.32. The Morgan fingerprint density at radius 1 is 0.806 bits per heavy atom. The topological polar surface area (TPSA) is 68.2 Å². The van der Waals surface area contributed by atoms with E-state index in [2.05, 4.69) is 5.32 Å². The molecule has 5 rings (SSSR count).